The molecule has 0 aliphatic heterocycles. The maximum absolute atomic E-state index is 9.38. The van der Waals surface area contributed by atoms with E-state index in [-0.39, 0.29) is 12.1 Å². The molecule has 1 rings (SSSR count). The molecular formula is C11H18N2O. The lowest BCUT2D eigenvalue weighted by Crippen LogP contribution is -2.43. The fraction of sp³-hybridized carbons (Fsp3) is 0.545. The van der Waals surface area contributed by atoms with Crippen molar-refractivity contribution in [2.24, 2.45) is 0 Å². The fourth-order valence-electron chi connectivity index (χ4n) is 1.34. The molecule has 1 unspecified atom stereocenters. The second-order valence-corrected chi connectivity index (χ2v) is 3.66. The van der Waals surface area contributed by atoms with E-state index < -0.39 is 0 Å². The van der Waals surface area contributed by atoms with Crippen LogP contribution in [0.15, 0.2) is 24.5 Å². The molecule has 0 aliphatic rings. The summed E-state index contributed by atoms with van der Waals surface area (Å²) in [5, 5.41) is 12.7. The summed E-state index contributed by atoms with van der Waals surface area (Å²) in [4.78, 5) is 4.06. The number of nitrogens with one attached hydrogen (secondary N) is 1. The van der Waals surface area contributed by atoms with Crippen LogP contribution >= 0.6 is 0 Å². The number of rotatable bonds is 5. The van der Waals surface area contributed by atoms with Crippen LogP contribution in [-0.2, 0) is 5.54 Å². The molecule has 0 aliphatic carbocycles. The molecule has 1 atom stereocenters. The van der Waals surface area contributed by atoms with Crippen molar-refractivity contribution >= 4 is 0 Å². The molecule has 14 heavy (non-hydrogen) atoms. The highest BCUT2D eigenvalue weighted by molar-refractivity contribution is 5.19. The quantitative estimate of drug-likeness (QED) is 0.742. The van der Waals surface area contributed by atoms with Gasteiger partial charge in [-0.15, -0.1) is 0 Å². The van der Waals surface area contributed by atoms with Gasteiger partial charge in [-0.3, -0.25) is 4.98 Å². The molecule has 1 aromatic heterocycles. The summed E-state index contributed by atoms with van der Waals surface area (Å²) in [5.74, 6) is 0. The third-order valence-corrected chi connectivity index (χ3v) is 2.38. The van der Waals surface area contributed by atoms with Gasteiger partial charge in [0, 0.05) is 12.4 Å². The number of hydrogen-bond acceptors (Lipinski definition) is 3. The van der Waals surface area contributed by atoms with E-state index in [1.165, 1.54) is 0 Å². The number of hydrogen-bond donors (Lipinski definition) is 2. The number of pyridine rings is 1. The van der Waals surface area contributed by atoms with Crippen molar-refractivity contribution in [2.75, 3.05) is 13.2 Å². The zero-order valence-corrected chi connectivity index (χ0v) is 8.83. The Balaban J connectivity index is 2.79. The molecule has 0 saturated carbocycles. The first-order valence-electron chi connectivity index (χ1n) is 4.99. The number of aliphatic hydroxyl groups is 1. The monoisotopic (exact) mass is 194 g/mol. The Bertz CT molecular complexity index is 263. The highest BCUT2D eigenvalue weighted by atomic mass is 16.3. The van der Waals surface area contributed by atoms with E-state index in [9.17, 15) is 5.11 Å². The molecule has 78 valence electrons. The summed E-state index contributed by atoms with van der Waals surface area (Å²) in [6.07, 6.45) is 4.58. The smallest absolute Gasteiger partial charge is 0.0655 e. The minimum Gasteiger partial charge on any atom is -0.394 e. The van der Waals surface area contributed by atoms with Crippen LogP contribution in [0, 0.1) is 0 Å². The lowest BCUT2D eigenvalue weighted by atomic mass is 9.94. The lowest BCUT2D eigenvalue weighted by molar-refractivity contribution is 0.175. The van der Waals surface area contributed by atoms with Crippen LogP contribution in [-0.4, -0.2) is 23.2 Å². The van der Waals surface area contributed by atoms with Crippen molar-refractivity contribution in [2.45, 2.75) is 25.8 Å². The summed E-state index contributed by atoms with van der Waals surface area (Å²) in [5.41, 5.74) is 0.653. The Morgan fingerprint density at radius 2 is 2.36 bits per heavy atom. The predicted octanol–water partition coefficient (Wildman–Crippen LogP) is 1.29. The zero-order chi connectivity index (χ0) is 10.4. The van der Waals surface area contributed by atoms with E-state index in [0.717, 1.165) is 18.5 Å². The van der Waals surface area contributed by atoms with E-state index in [1.807, 2.05) is 19.1 Å². The summed E-state index contributed by atoms with van der Waals surface area (Å²) >= 11 is 0. The van der Waals surface area contributed by atoms with Gasteiger partial charge in [-0.25, -0.2) is 0 Å². The fourth-order valence-corrected chi connectivity index (χ4v) is 1.34. The molecule has 3 heteroatoms. The van der Waals surface area contributed by atoms with Crippen LogP contribution in [0.3, 0.4) is 0 Å². The average Bonchev–Trinajstić information content (AvgIpc) is 2.27. The van der Waals surface area contributed by atoms with Crippen molar-refractivity contribution in [3.63, 3.8) is 0 Å². The van der Waals surface area contributed by atoms with Gasteiger partial charge in [-0.1, -0.05) is 13.0 Å². The maximum atomic E-state index is 9.38. The minimum absolute atomic E-state index is 0.0820. The van der Waals surface area contributed by atoms with Gasteiger partial charge >= 0.3 is 0 Å². The van der Waals surface area contributed by atoms with Gasteiger partial charge in [0.25, 0.3) is 0 Å². The minimum atomic E-state index is -0.371. The largest absolute Gasteiger partial charge is 0.394 e. The van der Waals surface area contributed by atoms with Crippen LogP contribution in [0.2, 0.25) is 0 Å². The molecule has 0 aromatic carbocycles. The van der Waals surface area contributed by atoms with Crippen molar-refractivity contribution in [1.29, 1.82) is 0 Å². The maximum Gasteiger partial charge on any atom is 0.0655 e. The number of aromatic nitrogens is 1. The molecule has 1 aromatic rings. The summed E-state index contributed by atoms with van der Waals surface area (Å²) in [6, 6.07) is 3.86. The van der Waals surface area contributed by atoms with Crippen molar-refractivity contribution < 1.29 is 5.11 Å². The van der Waals surface area contributed by atoms with Crippen LogP contribution < -0.4 is 5.32 Å². The first-order valence-corrected chi connectivity index (χ1v) is 4.99. The normalized spacial score (nSPS) is 15.1. The average molecular weight is 194 g/mol. The second-order valence-electron chi connectivity index (χ2n) is 3.66. The van der Waals surface area contributed by atoms with Gasteiger partial charge < -0.3 is 10.4 Å². The first-order chi connectivity index (χ1) is 6.73. The molecule has 0 radical (unpaired) electrons. The lowest BCUT2D eigenvalue weighted by Gasteiger charge is -2.28. The molecule has 0 spiro atoms. The third kappa shape index (κ3) is 2.53. The molecule has 0 fully saturated rings. The third-order valence-electron chi connectivity index (χ3n) is 2.38. The summed E-state index contributed by atoms with van der Waals surface area (Å²) in [7, 11) is 0. The topological polar surface area (TPSA) is 45.1 Å². The van der Waals surface area contributed by atoms with Gasteiger partial charge in [0.2, 0.25) is 0 Å². The molecule has 3 nitrogen and oxygen atoms in total. The Labute approximate surface area is 85.2 Å². The van der Waals surface area contributed by atoms with Crippen molar-refractivity contribution in [3.05, 3.63) is 30.1 Å². The van der Waals surface area contributed by atoms with E-state index in [1.54, 1.807) is 12.4 Å². The van der Waals surface area contributed by atoms with Crippen LogP contribution in [0.5, 0.6) is 0 Å². The standard InChI is InChI=1S/C11H18N2O/c1-3-6-13-11(2,9-14)10-5-4-7-12-8-10/h4-5,7-8,13-14H,3,6,9H2,1-2H3. The molecule has 1 heterocycles. The van der Waals surface area contributed by atoms with E-state index >= 15 is 0 Å². The van der Waals surface area contributed by atoms with Crippen molar-refractivity contribution in [3.8, 4) is 0 Å². The van der Waals surface area contributed by atoms with Crippen molar-refractivity contribution in [1.82, 2.24) is 10.3 Å². The van der Waals surface area contributed by atoms with Gasteiger partial charge in [0.15, 0.2) is 0 Å². The predicted molar refractivity (Wildman–Crippen MR) is 57.0 cm³/mol. The van der Waals surface area contributed by atoms with Crippen LogP contribution in [0.25, 0.3) is 0 Å². The highest BCUT2D eigenvalue weighted by Crippen LogP contribution is 2.18. The first kappa shape index (κ1) is 11.1. The molecule has 2 N–H and O–H groups in total. The Kier molecular flexibility index (Phi) is 4.04. The summed E-state index contributed by atoms with van der Waals surface area (Å²) < 4.78 is 0. The number of aliphatic hydroxyl groups excluding tert-OH is 1. The van der Waals surface area contributed by atoms with E-state index in [2.05, 4.69) is 17.2 Å². The highest BCUT2D eigenvalue weighted by Gasteiger charge is 2.24. The molecular weight excluding hydrogens is 176 g/mol. The Morgan fingerprint density at radius 3 is 2.86 bits per heavy atom. The van der Waals surface area contributed by atoms with Gasteiger partial charge in [-0.2, -0.15) is 0 Å². The Morgan fingerprint density at radius 1 is 1.57 bits per heavy atom. The van der Waals surface area contributed by atoms with Crippen LogP contribution in [0.1, 0.15) is 25.8 Å². The van der Waals surface area contributed by atoms with E-state index in [0.29, 0.717) is 0 Å². The number of nitrogens with zero attached hydrogens (tertiary/aromatic N) is 1. The van der Waals surface area contributed by atoms with Gasteiger partial charge in [0.1, 0.15) is 0 Å². The van der Waals surface area contributed by atoms with Gasteiger partial charge in [-0.05, 0) is 31.5 Å². The molecule has 0 saturated heterocycles. The SMILES string of the molecule is CCCNC(C)(CO)c1cccnc1. The van der Waals surface area contributed by atoms with E-state index in [4.69, 9.17) is 0 Å². The van der Waals surface area contributed by atoms with Crippen LogP contribution in [0.4, 0.5) is 0 Å². The van der Waals surface area contributed by atoms with Gasteiger partial charge in [0.05, 0.1) is 12.1 Å². The second kappa shape index (κ2) is 5.08. The zero-order valence-electron chi connectivity index (χ0n) is 8.83. The molecule has 0 amide bonds. The molecule has 0 bridgehead atoms. The Hall–Kier alpha value is -0.930. The summed E-state index contributed by atoms with van der Waals surface area (Å²) in [6.45, 7) is 5.07.